The molecule has 1 spiro atoms. The summed E-state index contributed by atoms with van der Waals surface area (Å²) in [5.41, 5.74) is 0.777. The molecule has 24 heteroatoms. The van der Waals surface area contributed by atoms with Gasteiger partial charge in [0.25, 0.3) is 11.8 Å². The smallest absolute Gasteiger partial charge is 0.416 e. The molecule has 3 heterocycles. The minimum absolute atomic E-state index is 0.0310. The number of nitrogens with one attached hydrogen (secondary N) is 1. The number of likely N-dealkylation sites (N-methyl/N-ethyl adjacent to an activating group) is 2. The van der Waals surface area contributed by atoms with Gasteiger partial charge in [0.15, 0.2) is 0 Å². The molecule has 2 N–H and O–H groups in total. The standard InChI is InChI=1S/C75H87F7N8O9/c1-84(35-15-36-86(3)70(94)62-28-27-59(48-65(62)97-4)83-34-14-6-9-22-67(91)85(2)42-43-87-37-29-60(30-38-87)90(71(95)96)64-21-13-11-19-61(64)52-16-7-5-8-17-52)68(92)49-98-66-46-53-18-10-12-20-63(53)72(66)31-39-88(40-32-72)41-33-73(55-23-25-58(76)26-24-55)50-89(51-99-73)69(93)54-44-56(74(77,78)79)47-57(45-54)75(80,81)82/h5,7-8,10-13,16-21,23-28,44-45,47-48,60,66,83H,6,9,14-15,22,29-43,46,49-51H2,1-4H3,(H,95,96)/t66-,73-/m0/s1. The molecule has 0 saturated carbocycles. The van der Waals surface area contributed by atoms with Crippen molar-refractivity contribution in [3.05, 3.63) is 184 Å². The lowest BCUT2D eigenvalue weighted by Crippen LogP contribution is -2.50. The topological polar surface area (TPSA) is 168 Å². The number of unbranched alkanes of at least 4 members (excludes halogenated alkanes) is 2. The Bertz CT molecular complexity index is 3740. The third-order valence-electron chi connectivity index (χ3n) is 20.1. The number of fused-ring (bicyclic) bond motifs is 2. The van der Waals surface area contributed by atoms with E-state index >= 15 is 0 Å². The van der Waals surface area contributed by atoms with Crippen molar-refractivity contribution in [1.82, 2.24) is 29.4 Å². The fourth-order valence-corrected chi connectivity index (χ4v) is 14.4. The summed E-state index contributed by atoms with van der Waals surface area (Å²) in [6, 6.07) is 37.0. The first-order valence-corrected chi connectivity index (χ1v) is 33.8. The minimum Gasteiger partial charge on any atom is -0.496 e. The number of carbonyl (C=O) groups excluding carboxylic acids is 4. The highest BCUT2D eigenvalue weighted by molar-refractivity contribution is 5.97. The SMILES string of the molecule is COc1cc(NCCCCCC(=O)N(C)CCN2CCC(N(C(=O)O)c3ccccc3-c3ccccc3)CC2)ccc1C(=O)N(C)CCCN(C)C(=O)CO[C@H]1Cc2ccccc2C12CCN(CC[C@@]1(c3ccc(F)cc3)CN(C(=O)c3cc(C(F)(F)F)cc(C(F)(F)F)c3)CO1)CC2. The van der Waals surface area contributed by atoms with E-state index in [0.29, 0.717) is 132 Å². The van der Waals surface area contributed by atoms with E-state index in [0.717, 1.165) is 65.2 Å². The Balaban J connectivity index is 0.630. The molecular formula is C75H87F7N8O9. The molecule has 1 aliphatic carbocycles. The monoisotopic (exact) mass is 1380 g/mol. The van der Waals surface area contributed by atoms with Gasteiger partial charge in [-0.3, -0.25) is 24.1 Å². The van der Waals surface area contributed by atoms with Crippen molar-refractivity contribution in [3.63, 3.8) is 0 Å². The number of ether oxygens (including phenoxy) is 3. The Morgan fingerprint density at radius 3 is 2.02 bits per heavy atom. The first-order valence-electron chi connectivity index (χ1n) is 33.8. The van der Waals surface area contributed by atoms with Gasteiger partial charge < -0.3 is 54.0 Å². The van der Waals surface area contributed by atoms with Crippen LogP contribution >= 0.6 is 0 Å². The van der Waals surface area contributed by atoms with E-state index in [-0.39, 0.29) is 55.5 Å². The average molecular weight is 1380 g/mol. The molecule has 10 rings (SSSR count). The van der Waals surface area contributed by atoms with E-state index in [9.17, 15) is 59.8 Å². The molecule has 5 amide bonds. The van der Waals surface area contributed by atoms with Gasteiger partial charge in [-0.25, -0.2) is 9.18 Å². The Morgan fingerprint density at radius 1 is 0.687 bits per heavy atom. The van der Waals surface area contributed by atoms with Crippen LogP contribution in [0.1, 0.15) is 113 Å². The second-order valence-corrected chi connectivity index (χ2v) is 26.5. The normalized spacial score (nSPS) is 18.1. The first kappa shape index (κ1) is 73.1. The maximum Gasteiger partial charge on any atom is 0.416 e. The fourth-order valence-electron chi connectivity index (χ4n) is 14.4. The van der Waals surface area contributed by atoms with Gasteiger partial charge >= 0.3 is 18.4 Å². The summed E-state index contributed by atoms with van der Waals surface area (Å²) in [6.07, 6.45) is -4.70. The van der Waals surface area contributed by atoms with Gasteiger partial charge in [0.2, 0.25) is 11.8 Å². The van der Waals surface area contributed by atoms with Gasteiger partial charge in [-0.15, -0.1) is 0 Å². The summed E-state index contributed by atoms with van der Waals surface area (Å²) in [5, 5.41) is 13.8. The molecule has 6 aromatic carbocycles. The second kappa shape index (κ2) is 32.2. The van der Waals surface area contributed by atoms with E-state index in [1.54, 1.807) is 40.9 Å². The molecule has 3 aliphatic heterocycles. The molecule has 0 unspecified atom stereocenters. The van der Waals surface area contributed by atoms with E-state index in [1.165, 1.54) is 36.3 Å². The Labute approximate surface area is 573 Å². The summed E-state index contributed by atoms with van der Waals surface area (Å²) in [5.74, 6) is -1.56. The Hall–Kier alpha value is -8.58. The summed E-state index contributed by atoms with van der Waals surface area (Å²) >= 11 is 0. The van der Waals surface area contributed by atoms with Crippen LogP contribution in [-0.4, -0.2) is 190 Å². The molecule has 17 nitrogen and oxygen atoms in total. The molecular weight excluding hydrogens is 1290 g/mol. The third-order valence-corrected chi connectivity index (χ3v) is 20.1. The highest BCUT2D eigenvalue weighted by atomic mass is 19.4. The van der Waals surface area contributed by atoms with Crippen molar-refractivity contribution in [1.29, 1.82) is 0 Å². The molecule has 3 saturated heterocycles. The molecule has 4 aliphatic rings. The van der Waals surface area contributed by atoms with Gasteiger partial charge in [0, 0.05) is 114 Å². The van der Waals surface area contributed by atoms with Crippen molar-refractivity contribution >= 4 is 41.1 Å². The lowest BCUT2D eigenvalue weighted by Gasteiger charge is -2.44. The molecule has 0 radical (unpaired) electrons. The van der Waals surface area contributed by atoms with Crippen molar-refractivity contribution < 1.29 is 74.0 Å². The number of nitrogens with zero attached hydrogens (tertiary/aromatic N) is 7. The largest absolute Gasteiger partial charge is 0.496 e. The van der Waals surface area contributed by atoms with Crippen LogP contribution in [0.4, 0.5) is 46.9 Å². The number of halogens is 7. The maximum absolute atomic E-state index is 14.3. The molecule has 3 fully saturated rings. The van der Waals surface area contributed by atoms with Gasteiger partial charge in [-0.1, -0.05) is 91.3 Å². The zero-order chi connectivity index (χ0) is 70.7. The van der Waals surface area contributed by atoms with E-state index < -0.39 is 64.6 Å². The lowest BCUT2D eigenvalue weighted by molar-refractivity contribution is -0.143. The predicted octanol–water partition coefficient (Wildman–Crippen LogP) is 12.9. The zero-order valence-corrected chi connectivity index (χ0v) is 56.4. The number of benzene rings is 6. The van der Waals surface area contributed by atoms with E-state index in [4.69, 9.17) is 14.2 Å². The number of hydrogen-bond acceptors (Lipinski definition) is 11. The van der Waals surface area contributed by atoms with Crippen molar-refractivity contribution in [3.8, 4) is 16.9 Å². The number of amides is 5. The molecule has 6 aromatic rings. The van der Waals surface area contributed by atoms with Crippen molar-refractivity contribution in [2.45, 2.75) is 106 Å². The number of alkyl halides is 6. The van der Waals surface area contributed by atoms with Crippen molar-refractivity contribution in [2.24, 2.45) is 0 Å². The zero-order valence-electron chi connectivity index (χ0n) is 56.4. The number of para-hydroxylation sites is 1. The van der Waals surface area contributed by atoms with Crippen molar-refractivity contribution in [2.75, 3.05) is 124 Å². The van der Waals surface area contributed by atoms with Gasteiger partial charge in [0.05, 0.1) is 42.1 Å². The number of carboxylic acid groups (broad SMARTS) is 1. The predicted molar refractivity (Wildman–Crippen MR) is 362 cm³/mol. The van der Waals surface area contributed by atoms with E-state index in [2.05, 4.69) is 27.2 Å². The molecule has 0 aromatic heterocycles. The quantitative estimate of drug-likeness (QED) is 0.0370. The Morgan fingerprint density at radius 2 is 1.33 bits per heavy atom. The van der Waals surface area contributed by atoms with E-state index in [1.807, 2.05) is 79.8 Å². The van der Waals surface area contributed by atoms with Crippen LogP contribution in [0.25, 0.3) is 11.1 Å². The fraction of sp³-hybridized carbons (Fsp3) is 0.453. The Kier molecular flexibility index (Phi) is 23.8. The number of anilines is 2. The second-order valence-electron chi connectivity index (χ2n) is 26.5. The average Bonchev–Trinajstić information content (AvgIpc) is 1.64. The van der Waals surface area contributed by atoms with Crippen LogP contribution in [0.2, 0.25) is 0 Å². The molecule has 2 atom stereocenters. The summed E-state index contributed by atoms with van der Waals surface area (Å²) in [6.45, 7) is 4.94. The third kappa shape index (κ3) is 17.7. The number of carbonyl (C=O) groups is 5. The molecule has 530 valence electrons. The summed E-state index contributed by atoms with van der Waals surface area (Å²) < 4.78 is 116. The molecule has 99 heavy (non-hydrogen) atoms. The maximum atomic E-state index is 14.3. The first-order chi connectivity index (χ1) is 47.4. The highest BCUT2D eigenvalue weighted by Gasteiger charge is 2.50. The minimum atomic E-state index is -5.15. The highest BCUT2D eigenvalue weighted by Crippen LogP contribution is 2.49. The van der Waals surface area contributed by atoms with Crippen LogP contribution in [0.15, 0.2) is 140 Å². The van der Waals surface area contributed by atoms with Crippen LogP contribution in [-0.2, 0) is 48.9 Å². The number of methoxy groups -OCH3 is 1. The van der Waals surface area contributed by atoms with Crippen LogP contribution < -0.4 is 15.0 Å². The lowest BCUT2D eigenvalue weighted by atomic mass is 9.72. The van der Waals surface area contributed by atoms with Gasteiger partial charge in [-0.2, -0.15) is 26.3 Å². The summed E-state index contributed by atoms with van der Waals surface area (Å²) in [7, 11) is 6.76. The number of piperidine rings is 2. The summed E-state index contributed by atoms with van der Waals surface area (Å²) in [4.78, 5) is 79.1. The number of rotatable bonds is 27. The number of hydrogen-bond donors (Lipinski definition) is 2. The van der Waals surface area contributed by atoms with Crippen LogP contribution in [0.3, 0.4) is 0 Å². The van der Waals surface area contributed by atoms with Crippen LogP contribution in [0, 0.1) is 5.82 Å². The molecule has 0 bridgehead atoms. The number of likely N-dealkylation sites (tertiary alicyclic amines) is 2. The van der Waals surface area contributed by atoms with Crippen LogP contribution in [0.5, 0.6) is 5.75 Å². The van der Waals surface area contributed by atoms with Gasteiger partial charge in [0.1, 0.15) is 30.5 Å². The van der Waals surface area contributed by atoms with Gasteiger partial charge in [-0.05, 0) is 142 Å².